The Labute approximate surface area is 410 Å². The number of fused-ring (bicyclic) bond motifs is 7. The Kier molecular flexibility index (Phi) is 24.5. The van der Waals surface area contributed by atoms with Gasteiger partial charge >= 0.3 is 40.8 Å². The van der Waals surface area contributed by atoms with Gasteiger partial charge in [0.15, 0.2) is 11.5 Å². The molecule has 2 aliphatic rings. The van der Waals surface area contributed by atoms with Gasteiger partial charge in [-0.15, -0.1) is 24.2 Å². The van der Waals surface area contributed by atoms with E-state index in [0.717, 1.165) is 68.7 Å². The van der Waals surface area contributed by atoms with Crippen LogP contribution in [0.3, 0.4) is 0 Å². The first-order chi connectivity index (χ1) is 30.9. The minimum atomic E-state index is -0.189. The summed E-state index contributed by atoms with van der Waals surface area (Å²) in [5.74, 6) is 0.895. The van der Waals surface area contributed by atoms with E-state index in [2.05, 4.69) is 13.8 Å². The first-order valence-electron chi connectivity index (χ1n) is 22.0. The van der Waals surface area contributed by atoms with Gasteiger partial charge in [0.05, 0.1) is 112 Å². The Balaban J connectivity index is 0.00000898. The fraction of sp³-hybridized carbons (Fsp3) is 0.542. The Bertz CT molecular complexity index is 2050. The third-order valence-corrected chi connectivity index (χ3v) is 10.7. The Morgan fingerprint density at radius 3 is 1.25 bits per heavy atom. The number of allylic oxidation sites excluding steroid dienone is 4. The number of nitrogens with zero attached hydrogens (tertiary/aromatic N) is 5. The SMILES string of the molecule is CCc1c(CC)c2cc3nc(cnc4cc(OCCOCCOCCOC)c(OCCOCCOCCOC)cc4ncc4nc(cc1[n-]2)C(CCC[O-])=C4C)C(C)=C3CCC[O-].[Nd+3]. The number of aromatic nitrogens is 5. The maximum atomic E-state index is 11.8. The number of hydrogen-bond acceptors (Lipinski definition) is 14. The van der Waals surface area contributed by atoms with Crippen molar-refractivity contribution in [3.8, 4) is 11.5 Å². The van der Waals surface area contributed by atoms with Crippen molar-refractivity contribution in [2.24, 2.45) is 0 Å². The third-order valence-electron chi connectivity index (χ3n) is 10.7. The van der Waals surface area contributed by atoms with Crippen LogP contribution in [0.1, 0.15) is 87.3 Å². The monoisotopic (exact) mass is 1010 g/mol. The van der Waals surface area contributed by atoms with Crippen molar-refractivity contribution < 1.29 is 88.9 Å². The molecule has 15 nitrogen and oxygen atoms in total. The van der Waals surface area contributed by atoms with Gasteiger partial charge in [-0.25, -0.2) is 9.97 Å². The molecule has 64 heavy (non-hydrogen) atoms. The molecule has 0 unspecified atom stereocenters. The zero-order valence-electron chi connectivity index (χ0n) is 38.4. The summed E-state index contributed by atoms with van der Waals surface area (Å²) in [6.45, 7) is 12.8. The summed E-state index contributed by atoms with van der Waals surface area (Å²) < 4.78 is 45.2. The molecule has 0 N–H and O–H groups in total. The van der Waals surface area contributed by atoms with E-state index in [9.17, 15) is 10.2 Å². The molecule has 0 amide bonds. The van der Waals surface area contributed by atoms with E-state index in [1.165, 1.54) is 0 Å². The first-order valence-corrected chi connectivity index (χ1v) is 22.0. The molecule has 5 rings (SSSR count). The van der Waals surface area contributed by atoms with Crippen LogP contribution < -0.4 is 24.7 Å². The van der Waals surface area contributed by atoms with Crippen LogP contribution >= 0.6 is 0 Å². The molecule has 0 atom stereocenters. The summed E-state index contributed by atoms with van der Waals surface area (Å²) in [5, 5.41) is 23.5. The van der Waals surface area contributed by atoms with Crippen LogP contribution in [0.25, 0.3) is 44.4 Å². The van der Waals surface area contributed by atoms with E-state index < -0.39 is 0 Å². The van der Waals surface area contributed by atoms with Crippen molar-refractivity contribution in [3.63, 3.8) is 0 Å². The minimum absolute atomic E-state index is 0. The van der Waals surface area contributed by atoms with E-state index in [0.29, 0.717) is 126 Å². The second-order valence-corrected chi connectivity index (χ2v) is 14.9. The maximum absolute atomic E-state index is 11.8. The molecular formula is C48H64N5NdO10. The molecule has 2 aromatic heterocycles. The zero-order chi connectivity index (χ0) is 44.8. The Hall–Kier alpha value is -3.23. The number of benzene rings is 1. The molecule has 0 fully saturated rings. The van der Waals surface area contributed by atoms with Crippen LogP contribution in [0.5, 0.6) is 11.5 Å². The summed E-state index contributed by atoms with van der Waals surface area (Å²) in [7, 11) is 3.27. The van der Waals surface area contributed by atoms with Crippen LogP contribution in [0.2, 0.25) is 0 Å². The predicted octanol–water partition coefficient (Wildman–Crippen LogP) is 5.35. The molecule has 3 aromatic rings. The van der Waals surface area contributed by atoms with Gasteiger partial charge in [-0.1, -0.05) is 49.9 Å². The standard InChI is InChI=1S/C48H64N5O10.Nd/c1-7-35-36(8-2)40-28-42-38(12-10-14-55)34(4)46(53-42)32-50-44-30-48(63-26-24-61-22-20-59-18-16-57-6)47(62-25-23-60-21-19-58-17-15-56-5)29-43(44)49-31-45-33(3)37(11-9-13-54)41(52-45)27-39(35)51-40;/h27-32H,7-26H2,1-6H3;/q-3;+3. The van der Waals surface area contributed by atoms with E-state index in [1.807, 2.05) is 26.0 Å². The topological polar surface area (TPSA) is 186 Å². The van der Waals surface area contributed by atoms with E-state index in [-0.39, 0.29) is 67.3 Å². The minimum Gasteiger partial charge on any atom is -0.854 e. The van der Waals surface area contributed by atoms with E-state index in [1.54, 1.807) is 38.7 Å². The molecule has 1 radical (unpaired) electrons. The molecule has 0 aliphatic carbocycles. The van der Waals surface area contributed by atoms with Crippen molar-refractivity contribution >= 4 is 44.4 Å². The van der Waals surface area contributed by atoms with Crippen molar-refractivity contribution in [1.29, 1.82) is 0 Å². The largest absolute Gasteiger partial charge is 3.00 e. The molecule has 0 saturated heterocycles. The molecular weight excluding hydrogens is 951 g/mol. The van der Waals surface area contributed by atoms with E-state index >= 15 is 0 Å². The number of aryl methyl sites for hydroxylation is 2. The molecule has 0 spiro atoms. The average molecular weight is 1020 g/mol. The summed E-state index contributed by atoms with van der Waals surface area (Å²) in [4.78, 5) is 25.3. The summed E-state index contributed by atoms with van der Waals surface area (Å²) in [6.07, 6.45) is 7.17. The second-order valence-electron chi connectivity index (χ2n) is 14.9. The van der Waals surface area contributed by atoms with Crippen LogP contribution in [0.4, 0.5) is 0 Å². The Morgan fingerprint density at radius 1 is 0.516 bits per heavy atom. The normalized spacial score (nSPS) is 12.5. The van der Waals surface area contributed by atoms with Crippen LogP contribution in [-0.4, -0.2) is 127 Å². The fourth-order valence-electron chi connectivity index (χ4n) is 7.32. The van der Waals surface area contributed by atoms with Gasteiger partial charge in [0.2, 0.25) is 0 Å². The number of ether oxygens (including phenoxy) is 8. The summed E-state index contributed by atoms with van der Waals surface area (Å²) in [6, 6.07) is 7.69. The van der Waals surface area contributed by atoms with Gasteiger partial charge in [-0.05, 0) is 61.8 Å². The van der Waals surface area contributed by atoms with Gasteiger partial charge in [0, 0.05) is 26.4 Å². The molecule has 4 heterocycles. The Morgan fingerprint density at radius 2 is 0.891 bits per heavy atom. The van der Waals surface area contributed by atoms with Gasteiger partial charge in [0.25, 0.3) is 0 Å². The molecule has 16 heteroatoms. The first kappa shape index (κ1) is 53.4. The van der Waals surface area contributed by atoms with Crippen LogP contribution in [0, 0.1) is 40.8 Å². The van der Waals surface area contributed by atoms with E-state index in [4.69, 9.17) is 62.8 Å². The van der Waals surface area contributed by atoms with Crippen molar-refractivity contribution in [3.05, 3.63) is 70.6 Å². The number of hydrogen-bond donors (Lipinski definition) is 0. The van der Waals surface area contributed by atoms with Gasteiger partial charge in [0.1, 0.15) is 13.2 Å². The number of rotatable bonds is 28. The smallest absolute Gasteiger partial charge is 0.854 e. The van der Waals surface area contributed by atoms with Crippen molar-refractivity contribution in [2.75, 3.05) is 107 Å². The predicted molar refractivity (Wildman–Crippen MR) is 240 cm³/mol. The number of methoxy groups -OCH3 is 2. The quantitative estimate of drug-likeness (QED) is 0.0848. The zero-order valence-corrected chi connectivity index (χ0v) is 41.6. The van der Waals surface area contributed by atoms with Gasteiger partial charge in [-0.2, -0.15) is 0 Å². The van der Waals surface area contributed by atoms with Gasteiger partial charge < -0.3 is 53.1 Å². The molecule has 2 aliphatic heterocycles. The molecule has 0 saturated carbocycles. The van der Waals surface area contributed by atoms with Crippen molar-refractivity contribution in [1.82, 2.24) is 24.9 Å². The van der Waals surface area contributed by atoms with Crippen LogP contribution in [0.15, 0.2) is 36.7 Å². The summed E-state index contributed by atoms with van der Waals surface area (Å²) >= 11 is 0. The summed E-state index contributed by atoms with van der Waals surface area (Å²) in [5.41, 5.74) is 11.8. The third kappa shape index (κ3) is 15.4. The molecule has 345 valence electrons. The maximum Gasteiger partial charge on any atom is 3.00 e. The molecule has 1 aromatic carbocycles. The van der Waals surface area contributed by atoms with Crippen LogP contribution in [-0.2, 0) is 41.3 Å². The fourth-order valence-corrected chi connectivity index (χ4v) is 7.32. The average Bonchev–Trinajstić information content (AvgIpc) is 3.89. The van der Waals surface area contributed by atoms with Gasteiger partial charge in [-0.3, -0.25) is 9.97 Å². The second kappa shape index (κ2) is 29.4. The molecule has 6 bridgehead atoms. The van der Waals surface area contributed by atoms with Crippen molar-refractivity contribution in [2.45, 2.75) is 66.2 Å².